The van der Waals surface area contributed by atoms with E-state index >= 15 is 0 Å². The average Bonchev–Trinajstić information content (AvgIpc) is 3.13. The molecule has 0 aliphatic rings. The van der Waals surface area contributed by atoms with Gasteiger partial charge in [0.1, 0.15) is 5.78 Å². The summed E-state index contributed by atoms with van der Waals surface area (Å²) in [6.45, 7) is 8.44. The summed E-state index contributed by atoms with van der Waals surface area (Å²) in [6, 6.07) is 6.71. The van der Waals surface area contributed by atoms with Gasteiger partial charge < -0.3 is 4.74 Å². The summed E-state index contributed by atoms with van der Waals surface area (Å²) < 4.78 is 34.6. The van der Waals surface area contributed by atoms with Crippen LogP contribution < -0.4 is 0 Å². The first-order chi connectivity index (χ1) is 14.3. The molecule has 1 aromatic heterocycles. The van der Waals surface area contributed by atoms with Gasteiger partial charge in [0.15, 0.2) is 11.0 Å². The molecule has 30 heavy (non-hydrogen) atoms. The standard InChI is InChI=1S/C20H30N4O4S2/c1-6-23(7-2)30(26,27)18-10-8-9-17(13-18)19-21-22-20(29-12-11-16(4)25)24(19)15(3)14-28-5/h8-10,13,15H,6-7,11-12,14H2,1-5H3. The molecule has 166 valence electrons. The highest BCUT2D eigenvalue weighted by Gasteiger charge is 2.24. The van der Waals surface area contributed by atoms with Crippen molar-refractivity contribution in [3.05, 3.63) is 24.3 Å². The summed E-state index contributed by atoms with van der Waals surface area (Å²) in [5.74, 6) is 1.29. The summed E-state index contributed by atoms with van der Waals surface area (Å²) >= 11 is 1.45. The number of ether oxygens (including phenoxy) is 1. The van der Waals surface area contributed by atoms with E-state index in [9.17, 15) is 13.2 Å². The second kappa shape index (κ2) is 11.0. The van der Waals surface area contributed by atoms with Crippen LogP contribution in [0.4, 0.5) is 0 Å². The fourth-order valence-corrected chi connectivity index (χ4v) is 5.66. The number of ketones is 1. The van der Waals surface area contributed by atoms with Gasteiger partial charge >= 0.3 is 0 Å². The lowest BCUT2D eigenvalue weighted by Gasteiger charge is -2.20. The molecule has 2 rings (SSSR count). The fourth-order valence-electron chi connectivity index (χ4n) is 3.08. The third-order valence-electron chi connectivity index (χ3n) is 4.63. The first-order valence-electron chi connectivity index (χ1n) is 9.92. The van der Waals surface area contributed by atoms with Gasteiger partial charge in [-0.25, -0.2) is 8.42 Å². The van der Waals surface area contributed by atoms with E-state index in [1.807, 2.05) is 31.4 Å². The lowest BCUT2D eigenvalue weighted by Crippen LogP contribution is -2.30. The molecule has 0 aliphatic carbocycles. The molecule has 0 radical (unpaired) electrons. The molecule has 0 N–H and O–H groups in total. The van der Waals surface area contributed by atoms with Gasteiger partial charge in [0.2, 0.25) is 10.0 Å². The Morgan fingerprint density at radius 2 is 1.97 bits per heavy atom. The molecule has 0 saturated carbocycles. The van der Waals surface area contributed by atoms with Gasteiger partial charge in [0, 0.05) is 37.9 Å². The maximum Gasteiger partial charge on any atom is 0.243 e. The van der Waals surface area contributed by atoms with Crippen LogP contribution in [0, 0.1) is 0 Å². The van der Waals surface area contributed by atoms with Crippen molar-refractivity contribution < 1.29 is 17.9 Å². The number of methoxy groups -OCH3 is 1. The Kier molecular flexibility index (Phi) is 9.02. The Morgan fingerprint density at radius 1 is 1.27 bits per heavy atom. The molecule has 0 spiro atoms. The first kappa shape index (κ1) is 24.5. The Bertz CT molecular complexity index is 955. The number of nitrogens with zero attached hydrogens (tertiary/aromatic N) is 4. The molecule has 8 nitrogen and oxygen atoms in total. The topological polar surface area (TPSA) is 94.4 Å². The van der Waals surface area contributed by atoms with Crippen molar-refractivity contribution in [2.24, 2.45) is 0 Å². The van der Waals surface area contributed by atoms with Crippen LogP contribution in [0.25, 0.3) is 11.4 Å². The Hall–Kier alpha value is -1.75. The molecule has 10 heteroatoms. The quantitative estimate of drug-likeness (QED) is 0.454. The molecular weight excluding hydrogens is 424 g/mol. The van der Waals surface area contributed by atoms with E-state index in [4.69, 9.17) is 4.74 Å². The van der Waals surface area contributed by atoms with Gasteiger partial charge in [-0.2, -0.15) is 4.31 Å². The smallest absolute Gasteiger partial charge is 0.243 e. The number of thioether (sulfide) groups is 1. The number of hydrogen-bond donors (Lipinski definition) is 0. The number of rotatable bonds is 12. The minimum atomic E-state index is -3.58. The third kappa shape index (κ3) is 5.69. The van der Waals surface area contributed by atoms with Crippen LogP contribution in [0.2, 0.25) is 0 Å². The van der Waals surface area contributed by atoms with Crippen molar-refractivity contribution in [2.45, 2.75) is 50.2 Å². The largest absolute Gasteiger partial charge is 0.383 e. The Balaban J connectivity index is 2.48. The van der Waals surface area contributed by atoms with E-state index in [1.165, 1.54) is 16.1 Å². The van der Waals surface area contributed by atoms with Crippen molar-refractivity contribution in [2.75, 3.05) is 32.6 Å². The van der Waals surface area contributed by atoms with Crippen molar-refractivity contribution >= 4 is 27.6 Å². The molecule has 1 atom stereocenters. The minimum absolute atomic E-state index is 0.0668. The number of Topliss-reactive ketones (excluding diaryl/α,β-unsaturated/α-hetero) is 1. The molecule has 0 aliphatic heterocycles. The van der Waals surface area contributed by atoms with Gasteiger partial charge in [-0.1, -0.05) is 37.7 Å². The Labute approximate surface area is 183 Å². The molecule has 0 saturated heterocycles. The first-order valence-corrected chi connectivity index (χ1v) is 12.3. The summed E-state index contributed by atoms with van der Waals surface area (Å²) in [6.07, 6.45) is 0.448. The van der Waals surface area contributed by atoms with Crippen LogP contribution >= 0.6 is 11.8 Å². The molecule has 0 amide bonds. The number of carbonyl (C=O) groups excluding carboxylic acids is 1. The molecule has 2 aromatic rings. The van der Waals surface area contributed by atoms with Crippen molar-refractivity contribution in [3.8, 4) is 11.4 Å². The van der Waals surface area contributed by atoms with Crippen LogP contribution in [0.15, 0.2) is 34.3 Å². The number of sulfonamides is 1. The van der Waals surface area contributed by atoms with Crippen molar-refractivity contribution in [1.29, 1.82) is 0 Å². The van der Waals surface area contributed by atoms with Crippen LogP contribution in [0.3, 0.4) is 0 Å². The average molecular weight is 455 g/mol. The minimum Gasteiger partial charge on any atom is -0.383 e. The molecule has 0 bridgehead atoms. The van der Waals surface area contributed by atoms with Crippen LogP contribution in [0.1, 0.15) is 40.2 Å². The summed E-state index contributed by atoms with van der Waals surface area (Å²) in [5.41, 5.74) is 0.664. The highest BCUT2D eigenvalue weighted by atomic mass is 32.2. The maximum absolute atomic E-state index is 12.9. The van der Waals surface area contributed by atoms with E-state index in [0.717, 1.165) is 0 Å². The lowest BCUT2D eigenvalue weighted by molar-refractivity contribution is -0.116. The highest BCUT2D eigenvalue weighted by molar-refractivity contribution is 7.99. The molecular formula is C20H30N4O4S2. The SMILES string of the molecule is CCN(CC)S(=O)(=O)c1cccc(-c2nnc(SCCC(C)=O)n2C(C)COC)c1. The summed E-state index contributed by atoms with van der Waals surface area (Å²) in [4.78, 5) is 11.5. The van der Waals surface area contributed by atoms with E-state index in [0.29, 0.717) is 48.4 Å². The second-order valence-electron chi connectivity index (χ2n) is 6.90. The van der Waals surface area contributed by atoms with Gasteiger partial charge in [-0.05, 0) is 26.0 Å². The predicted octanol–water partition coefficient (Wildman–Crippen LogP) is 3.25. The highest BCUT2D eigenvalue weighted by Crippen LogP contribution is 2.30. The van der Waals surface area contributed by atoms with Gasteiger partial charge in [-0.3, -0.25) is 9.36 Å². The van der Waals surface area contributed by atoms with E-state index in [1.54, 1.807) is 32.2 Å². The number of hydrogen-bond acceptors (Lipinski definition) is 7. The summed E-state index contributed by atoms with van der Waals surface area (Å²) in [5, 5.41) is 9.31. The molecule has 1 aromatic carbocycles. The number of aromatic nitrogens is 3. The van der Waals surface area contributed by atoms with Gasteiger partial charge in [-0.15, -0.1) is 10.2 Å². The summed E-state index contributed by atoms with van der Waals surface area (Å²) in [7, 11) is -1.96. The zero-order chi connectivity index (χ0) is 22.3. The molecule has 1 heterocycles. The van der Waals surface area contributed by atoms with E-state index in [2.05, 4.69) is 10.2 Å². The zero-order valence-corrected chi connectivity index (χ0v) is 19.8. The van der Waals surface area contributed by atoms with E-state index in [-0.39, 0.29) is 16.7 Å². The van der Waals surface area contributed by atoms with E-state index < -0.39 is 10.0 Å². The fraction of sp³-hybridized carbons (Fsp3) is 0.550. The van der Waals surface area contributed by atoms with Crippen LogP contribution in [0.5, 0.6) is 0 Å². The van der Waals surface area contributed by atoms with Gasteiger partial charge in [0.25, 0.3) is 0 Å². The second-order valence-corrected chi connectivity index (χ2v) is 9.90. The lowest BCUT2D eigenvalue weighted by atomic mass is 10.2. The molecule has 0 fully saturated rings. The monoisotopic (exact) mass is 454 g/mol. The molecule has 1 unspecified atom stereocenters. The van der Waals surface area contributed by atoms with Crippen LogP contribution in [-0.4, -0.2) is 65.8 Å². The van der Waals surface area contributed by atoms with Crippen LogP contribution in [-0.2, 0) is 19.6 Å². The number of benzene rings is 1. The third-order valence-corrected chi connectivity index (χ3v) is 7.62. The van der Waals surface area contributed by atoms with Crippen molar-refractivity contribution in [1.82, 2.24) is 19.1 Å². The zero-order valence-electron chi connectivity index (χ0n) is 18.2. The normalized spacial score (nSPS) is 13.0. The van der Waals surface area contributed by atoms with Crippen molar-refractivity contribution in [3.63, 3.8) is 0 Å². The predicted molar refractivity (Wildman–Crippen MR) is 118 cm³/mol. The number of carbonyl (C=O) groups is 1. The van der Waals surface area contributed by atoms with Gasteiger partial charge in [0.05, 0.1) is 17.5 Å². The Morgan fingerprint density at radius 3 is 2.57 bits per heavy atom. The maximum atomic E-state index is 12.9.